The molecule has 1 aliphatic heterocycles. The Labute approximate surface area is 180 Å². The summed E-state index contributed by atoms with van der Waals surface area (Å²) in [5.74, 6) is 1.07. The average molecular weight is 411 g/mol. The Balaban J connectivity index is 1.97. The van der Waals surface area contributed by atoms with E-state index in [9.17, 15) is 9.59 Å². The van der Waals surface area contributed by atoms with E-state index >= 15 is 0 Å². The fourth-order valence-electron chi connectivity index (χ4n) is 3.41. The predicted molar refractivity (Wildman–Crippen MR) is 123 cm³/mol. The number of aryl methyl sites for hydroxylation is 1. The van der Waals surface area contributed by atoms with Crippen LogP contribution >= 0.6 is 0 Å². The van der Waals surface area contributed by atoms with Gasteiger partial charge in [-0.3, -0.25) is 15.1 Å². The number of benzene rings is 1. The molecule has 6 nitrogen and oxygen atoms in total. The van der Waals surface area contributed by atoms with Gasteiger partial charge in [-0.2, -0.15) is 0 Å². The highest BCUT2D eigenvalue weighted by molar-refractivity contribution is 6.09. The van der Waals surface area contributed by atoms with Crippen molar-refractivity contribution in [3.63, 3.8) is 0 Å². The Morgan fingerprint density at radius 3 is 2.40 bits per heavy atom. The van der Waals surface area contributed by atoms with Crippen molar-refractivity contribution < 1.29 is 9.59 Å². The summed E-state index contributed by atoms with van der Waals surface area (Å²) in [5.41, 5.74) is 3.02. The average Bonchev–Trinajstić information content (AvgIpc) is 2.75. The van der Waals surface area contributed by atoms with Crippen LogP contribution in [0.5, 0.6) is 0 Å². The number of hydrogen-bond donors (Lipinski definition) is 2. The number of hydrogen-bond acceptors (Lipinski definition) is 3. The second-order valence-corrected chi connectivity index (χ2v) is 8.12. The van der Waals surface area contributed by atoms with E-state index in [0.717, 1.165) is 12.8 Å². The minimum atomic E-state index is -0.338. The predicted octanol–water partition coefficient (Wildman–Crippen LogP) is 3.80. The number of amides is 3. The molecule has 0 atom stereocenters. The van der Waals surface area contributed by atoms with Gasteiger partial charge in [0.15, 0.2) is 0 Å². The topological polar surface area (TPSA) is 73.8 Å². The van der Waals surface area contributed by atoms with Gasteiger partial charge >= 0.3 is 6.03 Å². The molecule has 1 heterocycles. The number of nitrogens with one attached hydrogen (secondary N) is 2. The second-order valence-electron chi connectivity index (χ2n) is 8.12. The van der Waals surface area contributed by atoms with Crippen LogP contribution in [0.4, 0.5) is 4.79 Å². The molecular weight excluding hydrogens is 376 g/mol. The van der Waals surface area contributed by atoms with Crippen molar-refractivity contribution in [3.05, 3.63) is 59.7 Å². The molecule has 0 saturated carbocycles. The summed E-state index contributed by atoms with van der Waals surface area (Å²) >= 11 is 0. The zero-order chi connectivity index (χ0) is 22.1. The fourth-order valence-corrected chi connectivity index (χ4v) is 3.41. The first-order valence-electron chi connectivity index (χ1n) is 10.6. The SMILES string of the molecule is C=C/C(=C\C(=NC)NC(=O)NCC(C)C)C(=O)N1CCC(c2ccc(C)cc2)CC1. The van der Waals surface area contributed by atoms with Crippen molar-refractivity contribution in [1.82, 2.24) is 15.5 Å². The van der Waals surface area contributed by atoms with Gasteiger partial charge in [0.2, 0.25) is 0 Å². The fraction of sp³-hybridized carbons (Fsp3) is 0.458. The van der Waals surface area contributed by atoms with Gasteiger partial charge in [0.25, 0.3) is 5.91 Å². The van der Waals surface area contributed by atoms with Gasteiger partial charge in [0.1, 0.15) is 5.84 Å². The van der Waals surface area contributed by atoms with Crippen molar-refractivity contribution in [3.8, 4) is 0 Å². The lowest BCUT2D eigenvalue weighted by atomic mass is 9.89. The molecule has 0 aromatic heterocycles. The number of nitrogens with zero attached hydrogens (tertiary/aromatic N) is 2. The maximum Gasteiger partial charge on any atom is 0.320 e. The van der Waals surface area contributed by atoms with Gasteiger partial charge in [0, 0.05) is 32.3 Å². The number of amidine groups is 1. The number of carbonyl (C=O) groups excluding carboxylic acids is 2. The highest BCUT2D eigenvalue weighted by Gasteiger charge is 2.25. The van der Waals surface area contributed by atoms with Gasteiger partial charge in [-0.1, -0.05) is 56.3 Å². The molecule has 0 spiro atoms. The molecule has 1 aromatic carbocycles. The minimum absolute atomic E-state index is 0.0853. The molecule has 1 saturated heterocycles. The summed E-state index contributed by atoms with van der Waals surface area (Å²) in [4.78, 5) is 30.9. The number of urea groups is 1. The Morgan fingerprint density at radius 1 is 1.23 bits per heavy atom. The summed E-state index contributed by atoms with van der Waals surface area (Å²) in [6.45, 7) is 11.9. The number of aliphatic imine (C=N–C) groups is 1. The lowest BCUT2D eigenvalue weighted by molar-refractivity contribution is -0.127. The van der Waals surface area contributed by atoms with Crippen LogP contribution in [0.3, 0.4) is 0 Å². The normalized spacial score (nSPS) is 15.8. The van der Waals surface area contributed by atoms with E-state index in [1.165, 1.54) is 17.2 Å². The Bertz CT molecular complexity index is 801. The third-order valence-corrected chi connectivity index (χ3v) is 5.24. The molecule has 162 valence electrons. The Kier molecular flexibility index (Phi) is 8.84. The van der Waals surface area contributed by atoms with E-state index in [1.54, 1.807) is 13.1 Å². The van der Waals surface area contributed by atoms with E-state index in [2.05, 4.69) is 53.4 Å². The molecule has 1 aliphatic rings. The molecular formula is C24H34N4O2. The second kappa shape index (κ2) is 11.3. The van der Waals surface area contributed by atoms with E-state index < -0.39 is 0 Å². The Hall–Kier alpha value is -2.89. The number of carbonyl (C=O) groups is 2. The molecule has 1 fully saturated rings. The quantitative estimate of drug-likeness (QED) is 0.324. The summed E-state index contributed by atoms with van der Waals surface area (Å²) in [5, 5.41) is 5.46. The largest absolute Gasteiger partial charge is 0.339 e. The van der Waals surface area contributed by atoms with Crippen molar-refractivity contribution in [2.45, 2.75) is 39.5 Å². The smallest absolute Gasteiger partial charge is 0.320 e. The van der Waals surface area contributed by atoms with Crippen LogP contribution in [-0.4, -0.2) is 49.4 Å². The standard InChI is InChI=1S/C24H34N4O2/c1-6-19(15-22(25-5)27-24(30)26-16-17(2)3)23(29)28-13-11-21(12-14-28)20-9-7-18(4)8-10-20/h6-10,15,17,21H,1,11-14,16H2,2-5H3,(H2,25,26,27,30)/b19-15+. The molecule has 1 aromatic rings. The third-order valence-electron chi connectivity index (χ3n) is 5.24. The molecule has 0 aliphatic carbocycles. The number of likely N-dealkylation sites (tertiary alicyclic amines) is 1. The van der Waals surface area contributed by atoms with Crippen molar-refractivity contribution >= 4 is 17.8 Å². The summed E-state index contributed by atoms with van der Waals surface area (Å²) in [7, 11) is 1.58. The highest BCUT2D eigenvalue weighted by atomic mass is 16.2. The van der Waals surface area contributed by atoms with Crippen LogP contribution in [0.25, 0.3) is 0 Å². The highest BCUT2D eigenvalue weighted by Crippen LogP contribution is 2.28. The molecule has 6 heteroatoms. The molecule has 0 radical (unpaired) electrons. The first kappa shape index (κ1) is 23.4. The van der Waals surface area contributed by atoms with E-state index in [1.807, 2.05) is 18.7 Å². The number of piperidine rings is 1. The molecule has 2 rings (SSSR count). The van der Waals surface area contributed by atoms with Crippen molar-refractivity contribution in [2.24, 2.45) is 10.9 Å². The van der Waals surface area contributed by atoms with Crippen LogP contribution in [0.2, 0.25) is 0 Å². The van der Waals surface area contributed by atoms with Gasteiger partial charge in [-0.15, -0.1) is 0 Å². The van der Waals surface area contributed by atoms with Crippen LogP contribution in [0.1, 0.15) is 43.7 Å². The molecule has 2 N–H and O–H groups in total. The van der Waals surface area contributed by atoms with Gasteiger partial charge in [-0.05, 0) is 43.2 Å². The molecule has 0 unspecified atom stereocenters. The van der Waals surface area contributed by atoms with E-state index in [0.29, 0.717) is 42.9 Å². The maximum absolute atomic E-state index is 13.0. The lowest BCUT2D eigenvalue weighted by Crippen LogP contribution is -2.41. The van der Waals surface area contributed by atoms with E-state index in [4.69, 9.17) is 0 Å². The first-order valence-corrected chi connectivity index (χ1v) is 10.6. The van der Waals surface area contributed by atoms with Gasteiger partial charge < -0.3 is 10.2 Å². The third kappa shape index (κ3) is 6.87. The van der Waals surface area contributed by atoms with Gasteiger partial charge in [-0.25, -0.2) is 4.79 Å². The number of rotatable bonds is 6. The zero-order valence-corrected chi connectivity index (χ0v) is 18.6. The summed E-state index contributed by atoms with van der Waals surface area (Å²) < 4.78 is 0. The van der Waals surface area contributed by atoms with Crippen LogP contribution in [-0.2, 0) is 4.79 Å². The van der Waals surface area contributed by atoms with E-state index in [-0.39, 0.29) is 11.9 Å². The van der Waals surface area contributed by atoms with Crippen molar-refractivity contribution in [1.29, 1.82) is 0 Å². The molecule has 0 bridgehead atoms. The van der Waals surface area contributed by atoms with Gasteiger partial charge in [0.05, 0.1) is 0 Å². The van der Waals surface area contributed by atoms with Crippen LogP contribution < -0.4 is 10.6 Å². The van der Waals surface area contributed by atoms with Crippen LogP contribution in [0.15, 0.2) is 53.6 Å². The first-order chi connectivity index (χ1) is 14.3. The van der Waals surface area contributed by atoms with Crippen LogP contribution in [0, 0.1) is 12.8 Å². The minimum Gasteiger partial charge on any atom is -0.339 e. The van der Waals surface area contributed by atoms with Crippen molar-refractivity contribution in [2.75, 3.05) is 26.7 Å². The Morgan fingerprint density at radius 2 is 1.87 bits per heavy atom. The molecule has 3 amide bonds. The molecule has 30 heavy (non-hydrogen) atoms. The maximum atomic E-state index is 13.0. The summed E-state index contributed by atoms with van der Waals surface area (Å²) in [6.07, 6.45) is 4.97. The zero-order valence-electron chi connectivity index (χ0n) is 18.6. The summed E-state index contributed by atoms with van der Waals surface area (Å²) in [6, 6.07) is 8.32. The lowest BCUT2D eigenvalue weighted by Gasteiger charge is -2.32. The monoisotopic (exact) mass is 410 g/mol.